The van der Waals surface area contributed by atoms with Gasteiger partial charge in [-0.05, 0) is 0 Å². The van der Waals surface area contributed by atoms with Crippen molar-refractivity contribution in [1.29, 1.82) is 0 Å². The van der Waals surface area contributed by atoms with Crippen LogP contribution in [0.25, 0.3) is 0 Å². The molecule has 0 saturated carbocycles. The van der Waals surface area contributed by atoms with Gasteiger partial charge in [-0.3, -0.25) is 4.90 Å². The first-order chi connectivity index (χ1) is 7.90. The molecule has 0 N–H and O–H groups in total. The first-order valence-corrected chi connectivity index (χ1v) is 4.52. The van der Waals surface area contributed by atoms with Gasteiger partial charge in [0.15, 0.2) is 0 Å². The second kappa shape index (κ2) is 4.16. The molecule has 106 valence electrons. The van der Waals surface area contributed by atoms with Crippen LogP contribution < -0.4 is 0 Å². The summed E-state index contributed by atoms with van der Waals surface area (Å²) in [5, 5.41) is 0. The van der Waals surface area contributed by atoms with Gasteiger partial charge in [0.2, 0.25) is 0 Å². The van der Waals surface area contributed by atoms with Gasteiger partial charge in [0, 0.05) is 19.4 Å². The maximum Gasteiger partial charge on any atom is 0.456 e. The minimum Gasteiger partial charge on any atom is -0.361 e. The van der Waals surface area contributed by atoms with E-state index in [9.17, 15) is 35.1 Å². The fourth-order valence-electron chi connectivity index (χ4n) is 1.23. The molecule has 0 amide bonds. The average Bonchev–Trinajstić information content (AvgIpc) is 2.62. The fourth-order valence-corrected chi connectivity index (χ4v) is 1.23. The molecular weight excluding hydrogens is 276 g/mol. The summed E-state index contributed by atoms with van der Waals surface area (Å²) in [7, 11) is 1.27. The Labute approximate surface area is 96.4 Å². The lowest BCUT2D eigenvalue weighted by Crippen LogP contribution is -2.58. The normalized spacial score (nSPS) is 19.6. The molecule has 10 heteroatoms. The molecule has 18 heavy (non-hydrogen) atoms. The van der Waals surface area contributed by atoms with Gasteiger partial charge in [-0.15, -0.1) is 0 Å². The van der Waals surface area contributed by atoms with Crippen molar-refractivity contribution in [2.75, 3.05) is 13.7 Å². The van der Waals surface area contributed by atoms with Crippen molar-refractivity contribution in [3.05, 3.63) is 12.4 Å². The van der Waals surface area contributed by atoms with Crippen LogP contribution in [-0.4, -0.2) is 47.8 Å². The Morgan fingerprint density at radius 3 is 1.83 bits per heavy atom. The summed E-state index contributed by atoms with van der Waals surface area (Å²) in [5.41, 5.74) is 0. The quantitative estimate of drug-likeness (QED) is 0.581. The maximum atomic E-state index is 13.2. The summed E-state index contributed by atoms with van der Waals surface area (Å²) in [5.74, 6) is -6.13. The number of nitrogens with zero attached hydrogens (tertiary/aromatic N) is 2. The largest absolute Gasteiger partial charge is 0.456 e. The number of halogens is 8. The summed E-state index contributed by atoms with van der Waals surface area (Å²) < 4.78 is 99.8. The predicted octanol–water partition coefficient (Wildman–Crippen LogP) is 2.79. The van der Waals surface area contributed by atoms with Crippen LogP contribution in [0.2, 0.25) is 0 Å². The first-order valence-electron chi connectivity index (χ1n) is 4.52. The van der Waals surface area contributed by atoms with Crippen molar-refractivity contribution < 1.29 is 35.1 Å². The Hall–Kier alpha value is -1.22. The molecule has 1 heterocycles. The average molecular weight is 284 g/mol. The van der Waals surface area contributed by atoms with E-state index in [-0.39, 0.29) is 4.90 Å². The van der Waals surface area contributed by atoms with Gasteiger partial charge in [0.05, 0.1) is 6.67 Å². The zero-order chi connectivity index (χ0) is 14.4. The second-order valence-corrected chi connectivity index (χ2v) is 3.74. The van der Waals surface area contributed by atoms with Gasteiger partial charge >= 0.3 is 18.1 Å². The van der Waals surface area contributed by atoms with Crippen LogP contribution in [0.3, 0.4) is 0 Å². The van der Waals surface area contributed by atoms with Gasteiger partial charge in [0.25, 0.3) is 6.17 Å². The number of rotatable bonds is 3. The van der Waals surface area contributed by atoms with Crippen LogP contribution in [0, 0.1) is 0 Å². The summed E-state index contributed by atoms with van der Waals surface area (Å²) in [6.45, 7) is -0.693. The minimum atomic E-state index is -6.38. The zero-order valence-electron chi connectivity index (χ0n) is 8.86. The summed E-state index contributed by atoms with van der Waals surface area (Å²) in [6.07, 6.45) is -9.54. The van der Waals surface area contributed by atoms with Gasteiger partial charge in [-0.1, -0.05) is 0 Å². The van der Waals surface area contributed by atoms with Crippen LogP contribution >= 0.6 is 0 Å². The van der Waals surface area contributed by atoms with Gasteiger partial charge in [-0.25, -0.2) is 4.39 Å². The smallest absolute Gasteiger partial charge is 0.361 e. The molecule has 0 saturated heterocycles. The van der Waals surface area contributed by atoms with E-state index < -0.39 is 31.0 Å². The van der Waals surface area contributed by atoms with Crippen LogP contribution in [0.15, 0.2) is 12.4 Å². The van der Waals surface area contributed by atoms with E-state index >= 15 is 0 Å². The molecule has 0 bridgehead atoms. The fraction of sp³-hybridized carbons (Fsp3) is 0.750. The van der Waals surface area contributed by atoms with Crippen LogP contribution in [-0.2, 0) is 0 Å². The molecule has 0 spiro atoms. The Bertz CT molecular complexity index is 336. The number of hydrogen-bond donors (Lipinski definition) is 0. The van der Waals surface area contributed by atoms with Crippen molar-refractivity contribution >= 4 is 0 Å². The molecule has 1 aliphatic heterocycles. The number of alkyl halides is 8. The van der Waals surface area contributed by atoms with Crippen LogP contribution in [0.4, 0.5) is 35.1 Å². The van der Waals surface area contributed by atoms with Gasteiger partial charge in [-0.2, -0.15) is 30.7 Å². The zero-order valence-corrected chi connectivity index (χ0v) is 8.86. The van der Waals surface area contributed by atoms with E-state index in [0.717, 1.165) is 11.1 Å². The van der Waals surface area contributed by atoms with E-state index in [0.29, 0.717) is 6.20 Å². The van der Waals surface area contributed by atoms with Crippen LogP contribution in [0.5, 0.6) is 0 Å². The number of hydrogen-bond acceptors (Lipinski definition) is 2. The highest BCUT2D eigenvalue weighted by atomic mass is 19.4. The molecule has 0 radical (unpaired) electrons. The van der Waals surface area contributed by atoms with Crippen LogP contribution in [0.1, 0.15) is 0 Å². The monoisotopic (exact) mass is 284 g/mol. The lowest BCUT2D eigenvalue weighted by molar-refractivity contribution is -0.342. The first kappa shape index (κ1) is 14.8. The molecule has 0 aliphatic carbocycles. The summed E-state index contributed by atoms with van der Waals surface area (Å²) >= 11 is 0. The van der Waals surface area contributed by atoms with Crippen molar-refractivity contribution in [2.45, 2.75) is 24.3 Å². The topological polar surface area (TPSA) is 6.48 Å². The minimum absolute atomic E-state index is 0.225. The molecule has 1 rings (SSSR count). The highest BCUT2D eigenvalue weighted by Gasteiger charge is 2.71. The van der Waals surface area contributed by atoms with Crippen molar-refractivity contribution in [3.63, 3.8) is 0 Å². The molecule has 0 aromatic carbocycles. The Balaban J connectivity index is 2.95. The second-order valence-electron chi connectivity index (χ2n) is 3.74. The Kier molecular flexibility index (Phi) is 3.43. The molecule has 0 fully saturated rings. The Morgan fingerprint density at radius 1 is 1.00 bits per heavy atom. The molecule has 0 aromatic rings. The summed E-state index contributed by atoms with van der Waals surface area (Å²) in [4.78, 5) is 0.837. The third-order valence-electron chi connectivity index (χ3n) is 2.26. The highest BCUT2D eigenvalue weighted by molar-refractivity contribution is 5.00. The van der Waals surface area contributed by atoms with Crippen molar-refractivity contribution in [3.8, 4) is 0 Å². The van der Waals surface area contributed by atoms with Crippen molar-refractivity contribution in [1.82, 2.24) is 9.80 Å². The molecule has 2 nitrogen and oxygen atoms in total. The molecule has 0 aromatic heterocycles. The van der Waals surface area contributed by atoms with Crippen molar-refractivity contribution in [2.24, 2.45) is 0 Å². The lowest BCUT2D eigenvalue weighted by atomic mass is 10.1. The third-order valence-corrected chi connectivity index (χ3v) is 2.26. The van der Waals surface area contributed by atoms with Gasteiger partial charge < -0.3 is 4.90 Å². The maximum absolute atomic E-state index is 13.2. The molecule has 1 aliphatic rings. The van der Waals surface area contributed by atoms with E-state index in [2.05, 4.69) is 0 Å². The molecule has 1 unspecified atom stereocenters. The summed E-state index contributed by atoms with van der Waals surface area (Å²) in [6, 6.07) is -4.97. The SMILES string of the molecule is CN1C=CN(C(F)(F)C(F)C(F)(F)C(F)(F)F)C1. The van der Waals surface area contributed by atoms with E-state index in [4.69, 9.17) is 0 Å². The molecule has 1 atom stereocenters. The standard InChI is InChI=1S/C8H8F8N2/c1-17-2-3-18(4-17)7(12,13)5(9)6(10,11)8(14,15)16/h2-3,5H,4H2,1H3. The predicted molar refractivity (Wildman–Crippen MR) is 44.5 cm³/mol. The lowest BCUT2D eigenvalue weighted by Gasteiger charge is -2.34. The van der Waals surface area contributed by atoms with E-state index in [1.165, 1.54) is 7.05 Å². The van der Waals surface area contributed by atoms with Gasteiger partial charge in [0.1, 0.15) is 0 Å². The highest BCUT2D eigenvalue weighted by Crippen LogP contribution is 2.46. The van der Waals surface area contributed by atoms with E-state index in [1.54, 1.807) is 0 Å². The Morgan fingerprint density at radius 2 is 1.50 bits per heavy atom. The van der Waals surface area contributed by atoms with E-state index in [1.807, 2.05) is 0 Å². The molecular formula is C8H8F8N2. The third kappa shape index (κ3) is 2.32.